The van der Waals surface area contributed by atoms with Crippen LogP contribution in [0.1, 0.15) is 44.1 Å². The van der Waals surface area contributed by atoms with Crippen molar-refractivity contribution in [2.75, 3.05) is 31.2 Å². The van der Waals surface area contributed by atoms with E-state index in [9.17, 15) is 17.6 Å². The fourth-order valence-corrected chi connectivity index (χ4v) is 7.07. The molecule has 8 nitrogen and oxygen atoms in total. The number of aromatic nitrogens is 1. The number of pyridine rings is 1. The number of carbonyl (C=O) groups is 1. The molecule has 3 aromatic rings. The van der Waals surface area contributed by atoms with Crippen molar-refractivity contribution in [3.63, 3.8) is 0 Å². The molecule has 0 unspecified atom stereocenters. The predicted molar refractivity (Wildman–Crippen MR) is 144 cm³/mol. The third kappa shape index (κ3) is 5.25. The summed E-state index contributed by atoms with van der Waals surface area (Å²) >= 11 is 0. The Balaban J connectivity index is 1.28. The van der Waals surface area contributed by atoms with Crippen molar-refractivity contribution in [3.05, 3.63) is 66.0 Å². The number of ether oxygens (including phenoxy) is 1. The van der Waals surface area contributed by atoms with Gasteiger partial charge < -0.3 is 15.4 Å². The first kappa shape index (κ1) is 26.5. The van der Waals surface area contributed by atoms with Gasteiger partial charge in [0.15, 0.2) is 0 Å². The molecule has 2 aliphatic rings. The minimum Gasteiger partial charge on any atom is -0.378 e. The number of morpholine rings is 1. The van der Waals surface area contributed by atoms with Crippen molar-refractivity contribution in [1.29, 1.82) is 0 Å². The summed E-state index contributed by atoms with van der Waals surface area (Å²) in [6.07, 6.45) is 1.84. The first-order valence-electron chi connectivity index (χ1n) is 13.0. The fraction of sp³-hybridized carbons (Fsp3) is 0.429. The van der Waals surface area contributed by atoms with Crippen LogP contribution in [0.25, 0.3) is 10.9 Å². The number of hydrogen-bond acceptors (Lipinski definition) is 6. The van der Waals surface area contributed by atoms with Crippen LogP contribution in [0.15, 0.2) is 59.5 Å². The Labute approximate surface area is 222 Å². The molecule has 202 valence electrons. The lowest BCUT2D eigenvalue weighted by Crippen LogP contribution is -2.48. The van der Waals surface area contributed by atoms with Crippen LogP contribution in [0.4, 0.5) is 10.2 Å². The number of sulfonamides is 1. The quantitative estimate of drug-likeness (QED) is 0.472. The molecule has 1 saturated heterocycles. The van der Waals surface area contributed by atoms with Crippen LogP contribution in [0.5, 0.6) is 0 Å². The molecular weight excluding hydrogens is 507 g/mol. The van der Waals surface area contributed by atoms with Gasteiger partial charge in [0.25, 0.3) is 0 Å². The number of fused-ring (bicyclic) bond motifs is 1. The van der Waals surface area contributed by atoms with E-state index in [2.05, 4.69) is 9.62 Å². The number of carbonyl (C=O) groups excluding carboxylic acids is 1. The summed E-state index contributed by atoms with van der Waals surface area (Å²) in [5, 5.41) is 0.745. The number of halogens is 1. The summed E-state index contributed by atoms with van der Waals surface area (Å²) in [7, 11) is -3.78. The van der Waals surface area contributed by atoms with Crippen LogP contribution < -0.4 is 15.4 Å². The zero-order valence-electron chi connectivity index (χ0n) is 21.4. The van der Waals surface area contributed by atoms with E-state index >= 15 is 0 Å². The fourth-order valence-electron chi connectivity index (χ4n) is 5.73. The molecule has 1 saturated carbocycles. The molecule has 2 fully saturated rings. The maximum atomic E-state index is 13.4. The van der Waals surface area contributed by atoms with E-state index in [1.165, 1.54) is 12.1 Å². The molecular formula is C28H33FN4O4S. The number of benzene rings is 2. The van der Waals surface area contributed by atoms with Crippen LogP contribution in [0.2, 0.25) is 0 Å². The average molecular weight is 541 g/mol. The number of amides is 1. The summed E-state index contributed by atoms with van der Waals surface area (Å²) in [6.45, 7) is 4.80. The van der Waals surface area contributed by atoms with Crippen molar-refractivity contribution >= 4 is 32.7 Å². The number of hydrogen-bond donors (Lipinski definition) is 2. The molecule has 1 amide bonds. The Kier molecular flexibility index (Phi) is 7.39. The standard InChI is InChI=1S/C28H33FN4O4S/c1-19(20-2-5-22(29)6-3-20)28(27(30)34)12-10-23(11-13-28)32-38(35,36)24-7-8-25-21(18-24)4-9-26(31-25)33-14-16-37-17-15-33/h2-9,18-19,23,32H,10-17H2,1H3,(H2,30,34)/t19-,23?,28?/m1/s1. The third-order valence-electron chi connectivity index (χ3n) is 8.18. The highest BCUT2D eigenvalue weighted by Crippen LogP contribution is 2.47. The van der Waals surface area contributed by atoms with Crippen LogP contribution in [-0.2, 0) is 19.6 Å². The molecule has 5 rings (SSSR count). The second-order valence-electron chi connectivity index (χ2n) is 10.3. The summed E-state index contributed by atoms with van der Waals surface area (Å²) in [4.78, 5) is 19.7. The van der Waals surface area contributed by atoms with E-state index in [-0.39, 0.29) is 22.7 Å². The Hall–Kier alpha value is -3.08. The van der Waals surface area contributed by atoms with E-state index in [0.717, 1.165) is 35.4 Å². The molecule has 0 bridgehead atoms. The molecule has 10 heteroatoms. The lowest BCUT2D eigenvalue weighted by atomic mass is 9.63. The van der Waals surface area contributed by atoms with E-state index in [4.69, 9.17) is 15.5 Å². The smallest absolute Gasteiger partial charge is 0.240 e. The lowest BCUT2D eigenvalue weighted by Gasteiger charge is -2.42. The van der Waals surface area contributed by atoms with Crippen molar-refractivity contribution < 1.29 is 22.3 Å². The second-order valence-corrected chi connectivity index (χ2v) is 12.0. The van der Waals surface area contributed by atoms with Gasteiger partial charge in [-0.05, 0) is 79.6 Å². The molecule has 38 heavy (non-hydrogen) atoms. The van der Waals surface area contributed by atoms with Crippen molar-refractivity contribution in [2.45, 2.75) is 49.5 Å². The van der Waals surface area contributed by atoms with Gasteiger partial charge in [0.2, 0.25) is 15.9 Å². The summed E-state index contributed by atoms with van der Waals surface area (Å²) in [6, 6.07) is 14.5. The van der Waals surface area contributed by atoms with Crippen molar-refractivity contribution in [3.8, 4) is 0 Å². The summed E-state index contributed by atoms with van der Waals surface area (Å²) in [5.41, 5.74) is 6.63. The molecule has 0 radical (unpaired) electrons. The summed E-state index contributed by atoms with van der Waals surface area (Å²) in [5.74, 6) is -0.110. The highest BCUT2D eigenvalue weighted by molar-refractivity contribution is 7.89. The van der Waals surface area contributed by atoms with Crippen LogP contribution in [-0.4, -0.2) is 51.7 Å². The lowest BCUT2D eigenvalue weighted by molar-refractivity contribution is -0.131. The zero-order valence-corrected chi connectivity index (χ0v) is 22.2. The first-order valence-corrected chi connectivity index (χ1v) is 14.5. The van der Waals surface area contributed by atoms with Crippen LogP contribution in [0.3, 0.4) is 0 Å². The molecule has 2 heterocycles. The molecule has 1 atom stereocenters. The number of primary amides is 1. The number of anilines is 1. The van der Waals surface area contributed by atoms with Gasteiger partial charge in [-0.25, -0.2) is 22.5 Å². The number of nitrogens with zero attached hydrogens (tertiary/aromatic N) is 2. The van der Waals surface area contributed by atoms with Gasteiger partial charge in [0, 0.05) is 24.5 Å². The second kappa shape index (κ2) is 10.6. The molecule has 1 aliphatic carbocycles. The Morgan fingerprint density at radius 3 is 2.45 bits per heavy atom. The maximum absolute atomic E-state index is 13.4. The van der Waals surface area contributed by atoms with Crippen molar-refractivity contribution in [1.82, 2.24) is 9.71 Å². The highest BCUT2D eigenvalue weighted by atomic mass is 32.2. The number of rotatable bonds is 7. The minimum atomic E-state index is -3.78. The largest absolute Gasteiger partial charge is 0.378 e. The molecule has 3 N–H and O–H groups in total. The van der Waals surface area contributed by atoms with E-state index in [1.54, 1.807) is 30.3 Å². The van der Waals surface area contributed by atoms with Crippen molar-refractivity contribution in [2.24, 2.45) is 11.1 Å². The normalized spacial score (nSPS) is 23.3. The van der Waals surface area contributed by atoms with E-state index in [1.807, 2.05) is 19.1 Å². The SMILES string of the molecule is C[C@H](c1ccc(F)cc1)C1(C(N)=O)CCC(NS(=O)(=O)c2ccc3nc(N4CCOCC4)ccc3c2)CC1. The Morgan fingerprint density at radius 2 is 1.79 bits per heavy atom. The van der Waals surface area contributed by atoms with Gasteiger partial charge in [0.1, 0.15) is 11.6 Å². The Morgan fingerprint density at radius 1 is 1.11 bits per heavy atom. The predicted octanol–water partition coefficient (Wildman–Crippen LogP) is 3.71. The van der Waals surface area contributed by atoms with Crippen LogP contribution >= 0.6 is 0 Å². The van der Waals surface area contributed by atoms with Crippen LogP contribution in [0, 0.1) is 11.2 Å². The molecule has 1 aliphatic heterocycles. The minimum absolute atomic E-state index is 0.178. The van der Waals surface area contributed by atoms with E-state index in [0.29, 0.717) is 38.9 Å². The third-order valence-corrected chi connectivity index (χ3v) is 9.70. The maximum Gasteiger partial charge on any atom is 0.240 e. The van der Waals surface area contributed by atoms with Gasteiger partial charge in [-0.2, -0.15) is 0 Å². The van der Waals surface area contributed by atoms with Gasteiger partial charge in [-0.15, -0.1) is 0 Å². The first-order chi connectivity index (χ1) is 18.2. The van der Waals surface area contributed by atoms with Gasteiger partial charge in [-0.3, -0.25) is 4.79 Å². The monoisotopic (exact) mass is 540 g/mol. The highest BCUT2D eigenvalue weighted by Gasteiger charge is 2.45. The zero-order chi connectivity index (χ0) is 26.9. The number of nitrogens with two attached hydrogens (primary N) is 1. The average Bonchev–Trinajstić information content (AvgIpc) is 2.93. The summed E-state index contributed by atoms with van der Waals surface area (Å²) < 4.78 is 48.2. The topological polar surface area (TPSA) is 115 Å². The molecule has 0 spiro atoms. The molecule has 1 aromatic heterocycles. The van der Waals surface area contributed by atoms with Gasteiger partial charge in [-0.1, -0.05) is 19.1 Å². The van der Waals surface area contributed by atoms with Gasteiger partial charge in [0.05, 0.1) is 29.0 Å². The number of nitrogens with one attached hydrogen (secondary N) is 1. The van der Waals surface area contributed by atoms with E-state index < -0.39 is 21.3 Å². The Bertz CT molecular complexity index is 1420. The van der Waals surface area contributed by atoms with Gasteiger partial charge >= 0.3 is 0 Å². The molecule has 2 aromatic carbocycles.